The Labute approximate surface area is 191 Å². The van der Waals surface area contributed by atoms with E-state index < -0.39 is 23.5 Å². The number of hydrogen-bond donors (Lipinski definition) is 1. The van der Waals surface area contributed by atoms with Crippen molar-refractivity contribution < 1.29 is 28.8 Å². The van der Waals surface area contributed by atoms with E-state index in [4.69, 9.17) is 30.8 Å². The zero-order chi connectivity index (χ0) is 23.3. The maximum atomic E-state index is 12.6. The lowest BCUT2D eigenvalue weighted by molar-refractivity contribution is -0.155. The quantitative estimate of drug-likeness (QED) is 0.245. The van der Waals surface area contributed by atoms with E-state index in [9.17, 15) is 9.59 Å². The van der Waals surface area contributed by atoms with Gasteiger partial charge in [-0.2, -0.15) is 0 Å². The standard InChI is InChI=1S/C23H27ClN2O6/c1-23(2,3)31-18(28)12-16(11-17(27)30-13-14-7-5-4-6-8-14)20-19(15-9-10-15)21(32-26-20)22(24)25-29/h4-8,15-16,29H,9-13H2,1-3H3/b25-22-/t16-/m1/s1. The van der Waals surface area contributed by atoms with Crippen LogP contribution in [-0.2, 0) is 25.7 Å². The molecule has 1 aromatic heterocycles. The van der Waals surface area contributed by atoms with E-state index in [0.29, 0.717) is 11.3 Å². The second-order valence-corrected chi connectivity index (χ2v) is 9.17. The van der Waals surface area contributed by atoms with Gasteiger partial charge in [-0.1, -0.05) is 52.2 Å². The SMILES string of the molecule is CC(C)(C)OC(=O)C[C@@H](CC(=O)OCc1ccccc1)c1noc(/C(Cl)=N/O)c1C1CC1. The molecule has 3 rings (SSSR count). The average molecular weight is 463 g/mol. The topological polar surface area (TPSA) is 111 Å². The molecule has 9 heteroatoms. The summed E-state index contributed by atoms with van der Waals surface area (Å²) in [5, 5.41) is 16.0. The van der Waals surface area contributed by atoms with Crippen molar-refractivity contribution in [1.82, 2.24) is 5.16 Å². The van der Waals surface area contributed by atoms with Crippen molar-refractivity contribution in [2.45, 2.75) is 70.5 Å². The lowest BCUT2D eigenvalue weighted by atomic mass is 9.92. The van der Waals surface area contributed by atoms with Crippen molar-refractivity contribution >= 4 is 28.7 Å². The molecule has 1 saturated carbocycles. The van der Waals surface area contributed by atoms with Crippen LogP contribution in [0.1, 0.15) is 80.9 Å². The highest BCUT2D eigenvalue weighted by molar-refractivity contribution is 6.69. The molecular formula is C23H27ClN2O6. The van der Waals surface area contributed by atoms with E-state index in [0.717, 1.165) is 18.4 Å². The van der Waals surface area contributed by atoms with Gasteiger partial charge in [0.15, 0.2) is 0 Å². The molecule has 0 aliphatic heterocycles. The fourth-order valence-electron chi connectivity index (χ4n) is 3.41. The number of ether oxygens (including phenoxy) is 2. The second-order valence-electron chi connectivity index (χ2n) is 8.81. The fourth-order valence-corrected chi connectivity index (χ4v) is 3.55. The Morgan fingerprint density at radius 3 is 2.47 bits per heavy atom. The van der Waals surface area contributed by atoms with Crippen molar-refractivity contribution in [3.05, 3.63) is 52.9 Å². The van der Waals surface area contributed by atoms with Crippen LogP contribution in [0.25, 0.3) is 0 Å². The van der Waals surface area contributed by atoms with Crippen molar-refractivity contribution in [3.63, 3.8) is 0 Å². The number of oxime groups is 1. The third-order valence-electron chi connectivity index (χ3n) is 4.89. The van der Waals surface area contributed by atoms with Crippen molar-refractivity contribution in [2.75, 3.05) is 0 Å². The number of benzene rings is 1. The zero-order valence-corrected chi connectivity index (χ0v) is 19.1. The molecule has 0 spiro atoms. The van der Waals surface area contributed by atoms with E-state index in [1.165, 1.54) is 0 Å². The second kappa shape index (κ2) is 10.2. The van der Waals surface area contributed by atoms with Crippen LogP contribution in [0.2, 0.25) is 0 Å². The number of esters is 2. The van der Waals surface area contributed by atoms with Crippen LogP contribution in [0.5, 0.6) is 0 Å². The van der Waals surface area contributed by atoms with E-state index in [1.807, 2.05) is 30.3 Å². The Kier molecular flexibility index (Phi) is 7.56. The molecule has 0 unspecified atom stereocenters. The van der Waals surface area contributed by atoms with Gasteiger partial charge in [0.05, 0.1) is 18.5 Å². The predicted molar refractivity (Wildman–Crippen MR) is 117 cm³/mol. The molecule has 1 atom stereocenters. The summed E-state index contributed by atoms with van der Waals surface area (Å²) in [5.74, 6) is -1.31. The lowest BCUT2D eigenvalue weighted by Crippen LogP contribution is -2.26. The first-order valence-corrected chi connectivity index (χ1v) is 10.8. The van der Waals surface area contributed by atoms with Gasteiger partial charge in [-0.3, -0.25) is 9.59 Å². The molecule has 1 fully saturated rings. The Balaban J connectivity index is 1.82. The van der Waals surface area contributed by atoms with Gasteiger partial charge < -0.3 is 19.2 Å². The number of carbonyl (C=O) groups excluding carboxylic acids is 2. The van der Waals surface area contributed by atoms with Gasteiger partial charge in [0.25, 0.3) is 0 Å². The maximum absolute atomic E-state index is 12.6. The van der Waals surface area contributed by atoms with Crippen LogP contribution in [0.4, 0.5) is 0 Å². The van der Waals surface area contributed by atoms with Crippen LogP contribution in [0.15, 0.2) is 40.0 Å². The third kappa shape index (κ3) is 6.56. The molecule has 1 N–H and O–H groups in total. The van der Waals surface area contributed by atoms with Crippen LogP contribution in [0.3, 0.4) is 0 Å². The summed E-state index contributed by atoms with van der Waals surface area (Å²) in [4.78, 5) is 25.2. The summed E-state index contributed by atoms with van der Waals surface area (Å²) in [5.41, 5.74) is 1.29. The maximum Gasteiger partial charge on any atom is 0.307 e. The van der Waals surface area contributed by atoms with E-state index in [2.05, 4.69) is 10.3 Å². The van der Waals surface area contributed by atoms with E-state index >= 15 is 0 Å². The smallest absolute Gasteiger partial charge is 0.307 e. The summed E-state index contributed by atoms with van der Waals surface area (Å²) < 4.78 is 16.2. The Hall–Kier alpha value is -2.87. The number of rotatable bonds is 9. The third-order valence-corrected chi connectivity index (χ3v) is 5.14. The zero-order valence-electron chi connectivity index (χ0n) is 18.3. The highest BCUT2D eigenvalue weighted by Crippen LogP contribution is 2.46. The highest BCUT2D eigenvalue weighted by atomic mass is 35.5. The normalized spacial score (nSPS) is 15.3. The molecule has 1 aromatic carbocycles. The molecule has 0 amide bonds. The first kappa shape index (κ1) is 23.8. The first-order chi connectivity index (χ1) is 15.2. The summed E-state index contributed by atoms with van der Waals surface area (Å²) in [6.07, 6.45) is 1.59. The van der Waals surface area contributed by atoms with Gasteiger partial charge >= 0.3 is 11.9 Å². The molecular weight excluding hydrogens is 436 g/mol. The Bertz CT molecular complexity index is 976. The summed E-state index contributed by atoms with van der Waals surface area (Å²) in [6, 6.07) is 9.32. The van der Waals surface area contributed by atoms with Crippen molar-refractivity contribution in [3.8, 4) is 0 Å². The summed E-state index contributed by atoms with van der Waals surface area (Å²) >= 11 is 5.98. The minimum Gasteiger partial charge on any atom is -0.461 e. The molecule has 0 saturated heterocycles. The van der Waals surface area contributed by atoms with E-state index in [-0.39, 0.29) is 36.3 Å². The van der Waals surface area contributed by atoms with Gasteiger partial charge in [-0.15, -0.1) is 0 Å². The van der Waals surface area contributed by atoms with Crippen LogP contribution < -0.4 is 0 Å². The van der Waals surface area contributed by atoms with Crippen LogP contribution in [-0.4, -0.2) is 33.1 Å². The van der Waals surface area contributed by atoms with Crippen LogP contribution in [0, 0.1) is 0 Å². The number of halogens is 1. The first-order valence-electron chi connectivity index (χ1n) is 10.5. The molecule has 1 heterocycles. The van der Waals surface area contributed by atoms with Gasteiger partial charge in [0.2, 0.25) is 10.9 Å². The van der Waals surface area contributed by atoms with Gasteiger partial charge in [0, 0.05) is 11.5 Å². The largest absolute Gasteiger partial charge is 0.461 e. The highest BCUT2D eigenvalue weighted by Gasteiger charge is 2.38. The molecule has 2 aromatic rings. The number of aromatic nitrogens is 1. The summed E-state index contributed by atoms with van der Waals surface area (Å²) in [6.45, 7) is 5.45. The fraction of sp³-hybridized carbons (Fsp3) is 0.478. The number of carbonyl (C=O) groups is 2. The predicted octanol–water partition coefficient (Wildman–Crippen LogP) is 4.88. The van der Waals surface area contributed by atoms with Gasteiger partial charge in [-0.05, 0) is 45.1 Å². The van der Waals surface area contributed by atoms with Crippen LogP contribution >= 0.6 is 11.6 Å². The molecule has 172 valence electrons. The summed E-state index contributed by atoms with van der Waals surface area (Å²) in [7, 11) is 0. The number of hydrogen-bond acceptors (Lipinski definition) is 8. The molecule has 32 heavy (non-hydrogen) atoms. The Morgan fingerprint density at radius 1 is 1.22 bits per heavy atom. The van der Waals surface area contributed by atoms with Gasteiger partial charge in [0.1, 0.15) is 12.2 Å². The van der Waals surface area contributed by atoms with Gasteiger partial charge in [-0.25, -0.2) is 0 Å². The Morgan fingerprint density at radius 2 is 1.88 bits per heavy atom. The van der Waals surface area contributed by atoms with Crippen molar-refractivity contribution in [2.24, 2.45) is 5.16 Å². The number of nitrogens with zero attached hydrogens (tertiary/aromatic N) is 2. The molecule has 1 aliphatic rings. The minimum absolute atomic E-state index is 0.0860. The van der Waals surface area contributed by atoms with Crippen molar-refractivity contribution in [1.29, 1.82) is 0 Å². The minimum atomic E-state index is -0.670. The molecule has 8 nitrogen and oxygen atoms in total. The monoisotopic (exact) mass is 462 g/mol. The molecule has 1 aliphatic carbocycles. The van der Waals surface area contributed by atoms with E-state index in [1.54, 1.807) is 20.8 Å². The average Bonchev–Trinajstić information content (AvgIpc) is 3.48. The molecule has 0 radical (unpaired) electrons. The molecule has 0 bridgehead atoms. The lowest BCUT2D eigenvalue weighted by Gasteiger charge is -2.21.